The summed E-state index contributed by atoms with van der Waals surface area (Å²) in [5, 5.41) is 6.82. The molecular formula is C16H17N3O2. The third-order valence-electron chi connectivity index (χ3n) is 2.66. The molecule has 2 aromatic rings. The number of benzene rings is 1. The maximum atomic E-state index is 11.5. The number of hydrazone groups is 1. The lowest BCUT2D eigenvalue weighted by Crippen LogP contribution is -2.25. The predicted molar refractivity (Wildman–Crippen MR) is 84.0 cm³/mol. The standard InChI is InChI=1S/C16H17N3O2/c1-13-6-8-14(9-7-13)17-12-16(20)19-18-10-2-4-15-5-3-11-21-15/h2-11,17H,12H2,1H3,(H,19,20). The molecule has 0 unspecified atom stereocenters. The number of hydrogen-bond donors (Lipinski definition) is 2. The number of aryl methyl sites for hydroxylation is 1. The van der Waals surface area contributed by atoms with Crippen molar-refractivity contribution in [2.75, 3.05) is 11.9 Å². The van der Waals surface area contributed by atoms with Gasteiger partial charge in [0.05, 0.1) is 12.8 Å². The molecule has 2 rings (SSSR count). The van der Waals surface area contributed by atoms with Crippen molar-refractivity contribution in [3.63, 3.8) is 0 Å². The molecule has 0 saturated heterocycles. The van der Waals surface area contributed by atoms with Crippen molar-refractivity contribution in [1.82, 2.24) is 5.43 Å². The molecule has 1 amide bonds. The number of amides is 1. The summed E-state index contributed by atoms with van der Waals surface area (Å²) >= 11 is 0. The van der Waals surface area contributed by atoms with Gasteiger partial charge >= 0.3 is 0 Å². The Morgan fingerprint density at radius 1 is 1.29 bits per heavy atom. The quantitative estimate of drug-likeness (QED) is 0.633. The highest BCUT2D eigenvalue weighted by Crippen LogP contribution is 2.07. The van der Waals surface area contributed by atoms with Gasteiger partial charge in [-0.3, -0.25) is 4.79 Å². The lowest BCUT2D eigenvalue weighted by Gasteiger charge is -2.05. The Balaban J connectivity index is 1.68. The SMILES string of the molecule is Cc1ccc(NCC(=O)NN=CC=Cc2ccco2)cc1. The second-order valence-electron chi connectivity index (χ2n) is 4.41. The largest absolute Gasteiger partial charge is 0.465 e. The number of carbonyl (C=O) groups is 1. The van der Waals surface area contributed by atoms with E-state index in [1.165, 1.54) is 11.8 Å². The van der Waals surface area contributed by atoms with E-state index in [4.69, 9.17) is 4.42 Å². The van der Waals surface area contributed by atoms with Gasteiger partial charge in [-0.05, 0) is 43.3 Å². The molecule has 0 spiro atoms. The number of hydrogen-bond acceptors (Lipinski definition) is 4. The van der Waals surface area contributed by atoms with Crippen molar-refractivity contribution in [1.29, 1.82) is 0 Å². The smallest absolute Gasteiger partial charge is 0.259 e. The van der Waals surface area contributed by atoms with E-state index in [0.29, 0.717) is 0 Å². The summed E-state index contributed by atoms with van der Waals surface area (Å²) in [6.07, 6.45) is 6.52. The summed E-state index contributed by atoms with van der Waals surface area (Å²) in [6.45, 7) is 2.18. The number of rotatable bonds is 6. The highest BCUT2D eigenvalue weighted by Gasteiger charge is 1.98. The normalized spacial score (nSPS) is 11.1. The van der Waals surface area contributed by atoms with Crippen LogP contribution in [0.2, 0.25) is 0 Å². The lowest BCUT2D eigenvalue weighted by atomic mass is 10.2. The zero-order valence-corrected chi connectivity index (χ0v) is 11.7. The molecule has 21 heavy (non-hydrogen) atoms. The van der Waals surface area contributed by atoms with E-state index < -0.39 is 0 Å². The molecule has 2 N–H and O–H groups in total. The van der Waals surface area contributed by atoms with Gasteiger partial charge in [-0.25, -0.2) is 5.43 Å². The average Bonchev–Trinajstić information content (AvgIpc) is 2.99. The van der Waals surface area contributed by atoms with Crippen molar-refractivity contribution in [2.24, 2.45) is 5.10 Å². The van der Waals surface area contributed by atoms with E-state index in [1.807, 2.05) is 37.3 Å². The number of anilines is 1. The van der Waals surface area contributed by atoms with Crippen LogP contribution in [-0.2, 0) is 4.79 Å². The highest BCUT2D eigenvalue weighted by molar-refractivity contribution is 5.83. The van der Waals surface area contributed by atoms with E-state index in [1.54, 1.807) is 24.5 Å². The van der Waals surface area contributed by atoms with E-state index >= 15 is 0 Å². The average molecular weight is 283 g/mol. The molecule has 0 aliphatic carbocycles. The van der Waals surface area contributed by atoms with Crippen LogP contribution in [0.3, 0.4) is 0 Å². The molecule has 5 heteroatoms. The van der Waals surface area contributed by atoms with Gasteiger partial charge in [0.15, 0.2) is 0 Å². The molecule has 1 aromatic carbocycles. The molecule has 1 heterocycles. The summed E-state index contributed by atoms with van der Waals surface area (Å²) in [7, 11) is 0. The first-order valence-electron chi connectivity index (χ1n) is 6.56. The van der Waals surface area contributed by atoms with Gasteiger partial charge in [-0.2, -0.15) is 5.10 Å². The monoisotopic (exact) mass is 283 g/mol. The molecule has 108 valence electrons. The van der Waals surface area contributed by atoms with Gasteiger partial charge in [-0.1, -0.05) is 17.7 Å². The molecule has 0 aliphatic rings. The Kier molecular flexibility index (Phi) is 5.34. The van der Waals surface area contributed by atoms with Crippen molar-refractivity contribution < 1.29 is 9.21 Å². The Morgan fingerprint density at radius 3 is 2.81 bits per heavy atom. The van der Waals surface area contributed by atoms with Gasteiger partial charge < -0.3 is 9.73 Å². The fourth-order valence-corrected chi connectivity index (χ4v) is 1.57. The Bertz CT molecular complexity index is 613. The molecule has 0 saturated carbocycles. The zero-order valence-electron chi connectivity index (χ0n) is 11.7. The first-order chi connectivity index (χ1) is 10.2. The van der Waals surface area contributed by atoms with Crippen LogP contribution in [0.5, 0.6) is 0 Å². The van der Waals surface area contributed by atoms with E-state index in [2.05, 4.69) is 15.8 Å². The predicted octanol–water partition coefficient (Wildman–Crippen LogP) is 2.82. The van der Waals surface area contributed by atoms with Crippen molar-refractivity contribution in [2.45, 2.75) is 6.92 Å². The molecule has 1 aromatic heterocycles. The van der Waals surface area contributed by atoms with Crippen molar-refractivity contribution >= 4 is 23.9 Å². The third-order valence-corrected chi connectivity index (χ3v) is 2.66. The van der Waals surface area contributed by atoms with Gasteiger partial charge in [0.1, 0.15) is 5.76 Å². The molecule has 5 nitrogen and oxygen atoms in total. The van der Waals surface area contributed by atoms with E-state index in [0.717, 1.165) is 11.4 Å². The van der Waals surface area contributed by atoms with E-state index in [9.17, 15) is 4.79 Å². The maximum Gasteiger partial charge on any atom is 0.259 e. The third kappa shape index (κ3) is 5.36. The molecule has 0 aliphatic heterocycles. The first-order valence-corrected chi connectivity index (χ1v) is 6.56. The van der Waals surface area contributed by atoms with E-state index in [-0.39, 0.29) is 12.5 Å². The summed E-state index contributed by atoms with van der Waals surface area (Å²) in [5.74, 6) is 0.520. The molecule has 0 radical (unpaired) electrons. The minimum absolute atomic E-state index is 0.169. The second-order valence-corrected chi connectivity index (χ2v) is 4.41. The van der Waals surface area contributed by atoms with Crippen molar-refractivity contribution in [3.05, 3.63) is 60.1 Å². The fourth-order valence-electron chi connectivity index (χ4n) is 1.57. The topological polar surface area (TPSA) is 66.6 Å². The van der Waals surface area contributed by atoms with Crippen LogP contribution in [0.15, 0.2) is 58.3 Å². The summed E-state index contributed by atoms with van der Waals surface area (Å²) in [6, 6.07) is 11.5. The van der Waals surface area contributed by atoms with Gasteiger partial charge in [0.2, 0.25) is 0 Å². The minimum atomic E-state index is -0.210. The summed E-state index contributed by atoms with van der Waals surface area (Å²) < 4.78 is 5.11. The van der Waals surface area contributed by atoms with Gasteiger partial charge in [0, 0.05) is 11.9 Å². The lowest BCUT2D eigenvalue weighted by molar-refractivity contribution is -0.119. The van der Waals surface area contributed by atoms with Crippen LogP contribution < -0.4 is 10.7 Å². The number of carbonyl (C=O) groups excluding carboxylic acids is 1. The zero-order chi connectivity index (χ0) is 14.9. The van der Waals surface area contributed by atoms with Crippen LogP contribution in [0.4, 0.5) is 5.69 Å². The number of nitrogens with zero attached hydrogens (tertiary/aromatic N) is 1. The molecule has 0 bridgehead atoms. The van der Waals surface area contributed by atoms with Crippen LogP contribution in [-0.4, -0.2) is 18.7 Å². The van der Waals surface area contributed by atoms with Crippen LogP contribution in [0.25, 0.3) is 6.08 Å². The Hall–Kier alpha value is -2.82. The van der Waals surface area contributed by atoms with Crippen LogP contribution in [0.1, 0.15) is 11.3 Å². The number of nitrogens with one attached hydrogen (secondary N) is 2. The molecule has 0 atom stereocenters. The van der Waals surface area contributed by atoms with Gasteiger partial charge in [0.25, 0.3) is 5.91 Å². The Labute approximate surface area is 123 Å². The first kappa shape index (κ1) is 14.6. The molecular weight excluding hydrogens is 266 g/mol. The van der Waals surface area contributed by atoms with Crippen LogP contribution >= 0.6 is 0 Å². The fraction of sp³-hybridized carbons (Fsp3) is 0.125. The number of allylic oxidation sites excluding steroid dienone is 1. The summed E-state index contributed by atoms with van der Waals surface area (Å²) in [5.41, 5.74) is 4.51. The van der Waals surface area contributed by atoms with Crippen molar-refractivity contribution in [3.8, 4) is 0 Å². The van der Waals surface area contributed by atoms with Gasteiger partial charge in [-0.15, -0.1) is 0 Å². The number of furan rings is 1. The van der Waals surface area contributed by atoms with Crippen LogP contribution in [0, 0.1) is 6.92 Å². The molecule has 0 fully saturated rings. The minimum Gasteiger partial charge on any atom is -0.465 e. The summed E-state index contributed by atoms with van der Waals surface area (Å²) in [4.78, 5) is 11.5. The second kappa shape index (κ2) is 7.69. The highest BCUT2D eigenvalue weighted by atomic mass is 16.3. The maximum absolute atomic E-state index is 11.5. The Morgan fingerprint density at radius 2 is 2.10 bits per heavy atom.